The number of hydrogen-bond donors (Lipinski definition) is 0. The molecule has 2 aromatic heterocycles. The van der Waals surface area contributed by atoms with Crippen LogP contribution in [0, 0.1) is 0 Å². The number of imidazole rings is 1. The molecule has 4 rings (SSSR count). The zero-order valence-corrected chi connectivity index (χ0v) is 14.7. The lowest BCUT2D eigenvalue weighted by atomic mass is 10.2. The third kappa shape index (κ3) is 3.36. The fraction of sp³-hybridized carbons (Fsp3) is 0.368. The first-order valence-electron chi connectivity index (χ1n) is 8.62. The summed E-state index contributed by atoms with van der Waals surface area (Å²) < 4.78 is 7.85. The summed E-state index contributed by atoms with van der Waals surface area (Å²) in [6.45, 7) is 4.16. The maximum Gasteiger partial charge on any atom is 0.226 e. The van der Waals surface area contributed by atoms with Crippen LogP contribution in [0.5, 0.6) is 0 Å². The van der Waals surface area contributed by atoms with Gasteiger partial charge in [0.2, 0.25) is 5.89 Å². The molecule has 0 N–H and O–H groups in total. The minimum Gasteiger partial charge on any atom is -0.444 e. The Bertz CT molecular complexity index is 825. The van der Waals surface area contributed by atoms with Gasteiger partial charge in [-0.15, -0.1) is 0 Å². The summed E-state index contributed by atoms with van der Waals surface area (Å²) in [6.07, 6.45) is 5.55. The number of likely N-dealkylation sites (N-methyl/N-ethyl adjacent to an activating group) is 2. The molecule has 130 valence electrons. The lowest BCUT2D eigenvalue weighted by Crippen LogP contribution is -2.51. The second-order valence-corrected chi connectivity index (χ2v) is 6.70. The number of aromatic nitrogens is 3. The average molecular weight is 337 g/mol. The van der Waals surface area contributed by atoms with Crippen LogP contribution in [0.25, 0.3) is 23.0 Å². The van der Waals surface area contributed by atoms with E-state index in [4.69, 9.17) is 4.42 Å². The molecule has 25 heavy (non-hydrogen) atoms. The van der Waals surface area contributed by atoms with E-state index in [0.717, 1.165) is 43.3 Å². The lowest BCUT2D eigenvalue weighted by Gasteiger charge is -2.38. The minimum atomic E-state index is 0.465. The van der Waals surface area contributed by atoms with Gasteiger partial charge in [-0.2, -0.15) is 0 Å². The van der Waals surface area contributed by atoms with E-state index >= 15 is 0 Å². The van der Waals surface area contributed by atoms with Crippen molar-refractivity contribution in [3.05, 3.63) is 49.0 Å². The summed E-state index contributed by atoms with van der Waals surface area (Å²) in [7, 11) is 4.37. The van der Waals surface area contributed by atoms with E-state index in [2.05, 4.69) is 38.4 Å². The highest BCUT2D eigenvalue weighted by Gasteiger charge is 2.24. The summed E-state index contributed by atoms with van der Waals surface area (Å²) in [4.78, 5) is 13.9. The van der Waals surface area contributed by atoms with Crippen LogP contribution in [-0.2, 0) is 6.54 Å². The van der Waals surface area contributed by atoms with Crippen LogP contribution in [-0.4, -0.2) is 64.1 Å². The first kappa shape index (κ1) is 16.1. The third-order valence-corrected chi connectivity index (χ3v) is 4.86. The smallest absolute Gasteiger partial charge is 0.226 e. The summed E-state index contributed by atoms with van der Waals surface area (Å²) in [5, 5.41) is 0. The molecule has 0 radical (unpaired) electrons. The Morgan fingerprint density at radius 3 is 2.84 bits per heavy atom. The molecule has 0 saturated carbocycles. The number of oxazole rings is 1. The Hall–Kier alpha value is -2.44. The van der Waals surface area contributed by atoms with Crippen LogP contribution in [0.4, 0.5) is 0 Å². The topological polar surface area (TPSA) is 50.3 Å². The van der Waals surface area contributed by atoms with Crippen LogP contribution in [0.2, 0.25) is 0 Å². The maximum atomic E-state index is 5.67. The Labute approximate surface area is 147 Å². The average Bonchev–Trinajstić information content (AvgIpc) is 3.28. The van der Waals surface area contributed by atoms with Gasteiger partial charge >= 0.3 is 0 Å². The molecule has 6 nitrogen and oxygen atoms in total. The van der Waals surface area contributed by atoms with Crippen molar-refractivity contribution < 1.29 is 4.42 Å². The fourth-order valence-corrected chi connectivity index (χ4v) is 3.31. The number of nitrogens with zero attached hydrogens (tertiary/aromatic N) is 5. The molecule has 0 spiro atoms. The van der Waals surface area contributed by atoms with Crippen molar-refractivity contribution in [1.82, 2.24) is 24.3 Å². The Morgan fingerprint density at radius 1 is 1.16 bits per heavy atom. The van der Waals surface area contributed by atoms with Crippen molar-refractivity contribution in [2.24, 2.45) is 0 Å². The van der Waals surface area contributed by atoms with Gasteiger partial charge in [-0.05, 0) is 26.2 Å². The molecule has 1 atom stereocenters. The highest BCUT2D eigenvalue weighted by Crippen LogP contribution is 2.24. The molecule has 1 fully saturated rings. The molecular formula is C19H23N5O. The number of hydrogen-bond acceptors (Lipinski definition) is 5. The molecular weight excluding hydrogens is 314 g/mol. The summed E-state index contributed by atoms with van der Waals surface area (Å²) in [6, 6.07) is 10.4. The quantitative estimate of drug-likeness (QED) is 0.732. The first-order chi connectivity index (χ1) is 12.2. The molecule has 1 aliphatic rings. The van der Waals surface area contributed by atoms with E-state index in [0.29, 0.717) is 11.9 Å². The zero-order chi connectivity index (χ0) is 17.2. The van der Waals surface area contributed by atoms with Crippen molar-refractivity contribution in [3.63, 3.8) is 0 Å². The van der Waals surface area contributed by atoms with E-state index in [1.54, 1.807) is 6.26 Å². The predicted molar refractivity (Wildman–Crippen MR) is 97.1 cm³/mol. The van der Waals surface area contributed by atoms with Crippen LogP contribution in [0.15, 0.2) is 53.4 Å². The number of rotatable bonds is 4. The van der Waals surface area contributed by atoms with Gasteiger partial charge in [-0.25, -0.2) is 9.97 Å². The normalized spacial score (nSPS) is 19.4. The Kier molecular flexibility index (Phi) is 4.38. The van der Waals surface area contributed by atoms with E-state index in [-0.39, 0.29) is 0 Å². The number of piperazine rings is 1. The van der Waals surface area contributed by atoms with Crippen molar-refractivity contribution in [2.45, 2.75) is 12.6 Å². The van der Waals surface area contributed by atoms with Crippen molar-refractivity contribution in [1.29, 1.82) is 0 Å². The molecule has 3 aromatic rings. The minimum absolute atomic E-state index is 0.465. The van der Waals surface area contributed by atoms with Gasteiger partial charge in [-0.1, -0.05) is 18.2 Å². The molecule has 1 unspecified atom stereocenters. The number of benzene rings is 1. The van der Waals surface area contributed by atoms with Crippen molar-refractivity contribution in [3.8, 4) is 23.0 Å². The molecule has 0 bridgehead atoms. The summed E-state index contributed by atoms with van der Waals surface area (Å²) in [5.41, 5.74) is 1.75. The van der Waals surface area contributed by atoms with E-state index in [1.165, 1.54) is 0 Å². The maximum absolute atomic E-state index is 5.67. The molecule has 1 saturated heterocycles. The third-order valence-electron chi connectivity index (χ3n) is 4.86. The van der Waals surface area contributed by atoms with Crippen LogP contribution in [0.1, 0.15) is 0 Å². The van der Waals surface area contributed by atoms with Gasteiger partial charge in [0.05, 0.1) is 0 Å². The molecule has 0 amide bonds. The molecule has 0 aliphatic carbocycles. The van der Waals surface area contributed by atoms with Gasteiger partial charge in [0.25, 0.3) is 0 Å². The van der Waals surface area contributed by atoms with Crippen molar-refractivity contribution in [2.75, 3.05) is 33.7 Å². The first-order valence-corrected chi connectivity index (χ1v) is 8.62. The highest BCUT2D eigenvalue weighted by atomic mass is 16.3. The van der Waals surface area contributed by atoms with Gasteiger partial charge < -0.3 is 13.9 Å². The van der Waals surface area contributed by atoms with Crippen LogP contribution in [0.3, 0.4) is 0 Å². The van der Waals surface area contributed by atoms with Gasteiger partial charge in [0.15, 0.2) is 5.82 Å². The second kappa shape index (κ2) is 6.82. The summed E-state index contributed by atoms with van der Waals surface area (Å²) >= 11 is 0. The van der Waals surface area contributed by atoms with Crippen molar-refractivity contribution >= 4 is 0 Å². The van der Waals surface area contributed by atoms with E-state index < -0.39 is 0 Å². The monoisotopic (exact) mass is 337 g/mol. The largest absolute Gasteiger partial charge is 0.444 e. The fourth-order valence-electron chi connectivity index (χ4n) is 3.31. The Balaban J connectivity index is 1.57. The van der Waals surface area contributed by atoms with E-state index in [9.17, 15) is 0 Å². The molecule has 3 heterocycles. The zero-order valence-electron chi connectivity index (χ0n) is 14.7. The van der Waals surface area contributed by atoms with Gasteiger partial charge in [0, 0.05) is 50.2 Å². The predicted octanol–water partition coefficient (Wildman–Crippen LogP) is 2.45. The second-order valence-electron chi connectivity index (χ2n) is 6.70. The molecule has 1 aromatic carbocycles. The summed E-state index contributed by atoms with van der Waals surface area (Å²) in [5.74, 6) is 1.48. The van der Waals surface area contributed by atoms with Gasteiger partial charge in [-0.3, -0.25) is 4.90 Å². The van der Waals surface area contributed by atoms with Gasteiger partial charge in [0.1, 0.15) is 12.0 Å². The lowest BCUT2D eigenvalue weighted by molar-refractivity contribution is 0.103. The van der Waals surface area contributed by atoms with E-state index in [1.807, 2.05) is 42.7 Å². The highest BCUT2D eigenvalue weighted by molar-refractivity contribution is 5.58. The van der Waals surface area contributed by atoms with Crippen LogP contribution >= 0.6 is 0 Å². The Morgan fingerprint density at radius 2 is 2.00 bits per heavy atom. The standard InChI is InChI=1S/C19H23N5O/c1-22-10-11-23(2)16(12-22)13-24-9-8-20-18(24)17-14-25-19(21-17)15-6-4-3-5-7-15/h3-9,14,16H,10-13H2,1-2H3. The van der Waals surface area contributed by atoms with Crippen LogP contribution < -0.4 is 0 Å². The molecule has 6 heteroatoms. The molecule has 1 aliphatic heterocycles. The SMILES string of the molecule is CN1CCN(C)C(Cn2ccnc2-c2coc(-c3ccccc3)n2)C1.